The van der Waals surface area contributed by atoms with Crippen LogP contribution in [0.1, 0.15) is 32.4 Å². The molecule has 0 saturated heterocycles. The van der Waals surface area contributed by atoms with Crippen LogP contribution < -0.4 is 20.1 Å². The van der Waals surface area contributed by atoms with Crippen LogP contribution >= 0.6 is 0 Å². The molecule has 4 rings (SSSR count). The van der Waals surface area contributed by atoms with Crippen molar-refractivity contribution in [2.75, 3.05) is 17.7 Å². The summed E-state index contributed by atoms with van der Waals surface area (Å²) in [6, 6.07) is 20.6. The number of benzene rings is 3. The van der Waals surface area contributed by atoms with Gasteiger partial charge in [-0.3, -0.25) is 9.59 Å². The average Bonchev–Trinajstić information content (AvgIpc) is 3.28. The van der Waals surface area contributed by atoms with E-state index in [1.54, 1.807) is 67.6 Å². The van der Waals surface area contributed by atoms with Gasteiger partial charge in [0.2, 0.25) is 11.7 Å². The number of methoxy groups -OCH3 is 1. The highest BCUT2D eigenvalue weighted by Gasteiger charge is 2.15. The third-order valence-corrected chi connectivity index (χ3v) is 4.82. The zero-order valence-electron chi connectivity index (χ0n) is 18.6. The number of para-hydroxylation sites is 3. The second-order valence-electron chi connectivity index (χ2n) is 7.20. The number of aryl methyl sites for hydroxylation is 1. The number of anilines is 2. The van der Waals surface area contributed by atoms with E-state index in [9.17, 15) is 9.59 Å². The predicted molar refractivity (Wildman–Crippen MR) is 125 cm³/mol. The van der Waals surface area contributed by atoms with Crippen LogP contribution in [0.4, 0.5) is 11.4 Å². The number of carbonyl (C=O) groups is 2. The molecule has 0 aliphatic carbocycles. The van der Waals surface area contributed by atoms with Crippen LogP contribution in [-0.4, -0.2) is 29.1 Å². The lowest BCUT2D eigenvalue weighted by molar-refractivity contribution is 0.101. The van der Waals surface area contributed by atoms with E-state index in [2.05, 4.69) is 20.8 Å². The first-order chi connectivity index (χ1) is 16.5. The van der Waals surface area contributed by atoms with Crippen molar-refractivity contribution in [1.29, 1.82) is 0 Å². The van der Waals surface area contributed by atoms with Gasteiger partial charge in [-0.2, -0.15) is 4.98 Å². The quantitative estimate of drug-likeness (QED) is 0.400. The van der Waals surface area contributed by atoms with Gasteiger partial charge in [-0.1, -0.05) is 29.4 Å². The normalized spacial score (nSPS) is 10.4. The summed E-state index contributed by atoms with van der Waals surface area (Å²) < 4.78 is 15.9. The molecule has 0 radical (unpaired) electrons. The van der Waals surface area contributed by atoms with E-state index in [0.29, 0.717) is 45.7 Å². The summed E-state index contributed by atoms with van der Waals surface area (Å²) in [6.07, 6.45) is 0. The number of aromatic nitrogens is 2. The lowest BCUT2D eigenvalue weighted by Crippen LogP contribution is -2.15. The van der Waals surface area contributed by atoms with E-state index in [-0.39, 0.29) is 18.4 Å². The highest BCUT2D eigenvalue weighted by atomic mass is 16.5. The van der Waals surface area contributed by atoms with Crippen molar-refractivity contribution in [2.45, 2.75) is 13.5 Å². The lowest BCUT2D eigenvalue weighted by Gasteiger charge is -2.12. The van der Waals surface area contributed by atoms with Crippen molar-refractivity contribution in [3.05, 3.63) is 95.6 Å². The van der Waals surface area contributed by atoms with Crippen LogP contribution in [-0.2, 0) is 6.61 Å². The molecule has 0 aliphatic heterocycles. The van der Waals surface area contributed by atoms with Gasteiger partial charge >= 0.3 is 0 Å². The van der Waals surface area contributed by atoms with E-state index in [1.165, 1.54) is 7.11 Å². The predicted octanol–water partition coefficient (Wildman–Crippen LogP) is 4.47. The van der Waals surface area contributed by atoms with Gasteiger partial charge in [0.15, 0.2) is 6.61 Å². The third-order valence-electron chi connectivity index (χ3n) is 4.82. The Morgan fingerprint density at radius 2 is 1.59 bits per heavy atom. The maximum Gasteiger partial charge on any atom is 0.259 e. The number of nitrogens with zero attached hydrogens (tertiary/aromatic N) is 2. The topological polar surface area (TPSA) is 116 Å². The molecule has 0 aliphatic rings. The summed E-state index contributed by atoms with van der Waals surface area (Å²) in [5, 5.41) is 9.41. The molecule has 2 N–H and O–H groups in total. The van der Waals surface area contributed by atoms with Gasteiger partial charge in [0, 0.05) is 18.2 Å². The zero-order chi connectivity index (χ0) is 23.9. The van der Waals surface area contributed by atoms with Gasteiger partial charge in [0.05, 0.1) is 18.4 Å². The molecule has 4 aromatic rings. The molecule has 0 unspecified atom stereocenters. The fourth-order valence-corrected chi connectivity index (χ4v) is 3.17. The average molecular weight is 458 g/mol. The Hall–Kier alpha value is -4.66. The monoisotopic (exact) mass is 458 g/mol. The summed E-state index contributed by atoms with van der Waals surface area (Å²) in [5.41, 5.74) is 1.88. The molecule has 0 bridgehead atoms. The molecule has 0 saturated carbocycles. The van der Waals surface area contributed by atoms with Crippen LogP contribution in [0.2, 0.25) is 0 Å². The molecular weight excluding hydrogens is 436 g/mol. The molecule has 34 heavy (non-hydrogen) atoms. The summed E-state index contributed by atoms with van der Waals surface area (Å²) in [4.78, 5) is 29.5. The van der Waals surface area contributed by atoms with E-state index >= 15 is 0 Å². The Morgan fingerprint density at radius 1 is 0.882 bits per heavy atom. The van der Waals surface area contributed by atoms with E-state index < -0.39 is 0 Å². The van der Waals surface area contributed by atoms with Crippen LogP contribution in [0.3, 0.4) is 0 Å². The van der Waals surface area contributed by atoms with Crippen LogP contribution in [0, 0.1) is 6.92 Å². The standard InChI is InChI=1S/C25H22N4O5/c1-16-26-23(29-34-16)15-33-21-9-5-3-7-19(21)25(31)27-18-13-11-17(12-14-18)24(30)28-20-8-4-6-10-22(20)32-2/h3-14H,15H2,1-2H3,(H,27,31)(H,28,30). The summed E-state index contributed by atoms with van der Waals surface area (Å²) in [7, 11) is 1.54. The minimum Gasteiger partial charge on any atom is -0.495 e. The summed E-state index contributed by atoms with van der Waals surface area (Å²) in [5.74, 6) is 1.12. The van der Waals surface area contributed by atoms with E-state index in [4.69, 9.17) is 14.0 Å². The molecule has 0 atom stereocenters. The van der Waals surface area contributed by atoms with E-state index in [0.717, 1.165) is 0 Å². The van der Waals surface area contributed by atoms with Crippen molar-refractivity contribution < 1.29 is 23.6 Å². The zero-order valence-corrected chi connectivity index (χ0v) is 18.6. The minimum absolute atomic E-state index is 0.0671. The van der Waals surface area contributed by atoms with Gasteiger partial charge in [0.25, 0.3) is 11.8 Å². The Morgan fingerprint density at radius 3 is 2.29 bits per heavy atom. The molecule has 9 heteroatoms. The van der Waals surface area contributed by atoms with Crippen molar-refractivity contribution in [3.8, 4) is 11.5 Å². The molecular formula is C25H22N4O5. The molecule has 2 amide bonds. The SMILES string of the molecule is COc1ccccc1NC(=O)c1ccc(NC(=O)c2ccccc2OCc2noc(C)n2)cc1. The van der Waals surface area contributed by atoms with Crippen LogP contribution in [0.5, 0.6) is 11.5 Å². The van der Waals surface area contributed by atoms with E-state index in [1.807, 2.05) is 12.1 Å². The van der Waals surface area contributed by atoms with Gasteiger partial charge in [-0.05, 0) is 48.5 Å². The molecule has 1 heterocycles. The largest absolute Gasteiger partial charge is 0.495 e. The number of hydrogen-bond acceptors (Lipinski definition) is 7. The third kappa shape index (κ3) is 5.39. The lowest BCUT2D eigenvalue weighted by atomic mass is 10.1. The number of nitrogens with one attached hydrogen (secondary N) is 2. The van der Waals surface area contributed by atoms with Crippen molar-refractivity contribution in [1.82, 2.24) is 10.1 Å². The fraction of sp³-hybridized carbons (Fsp3) is 0.120. The van der Waals surface area contributed by atoms with Gasteiger partial charge in [-0.25, -0.2) is 0 Å². The molecule has 3 aromatic carbocycles. The minimum atomic E-state index is -0.355. The smallest absolute Gasteiger partial charge is 0.259 e. The highest BCUT2D eigenvalue weighted by molar-refractivity contribution is 6.07. The number of ether oxygens (including phenoxy) is 2. The molecule has 0 spiro atoms. The summed E-state index contributed by atoms with van der Waals surface area (Å²) in [6.45, 7) is 1.75. The summed E-state index contributed by atoms with van der Waals surface area (Å²) >= 11 is 0. The second kappa shape index (κ2) is 10.3. The fourth-order valence-electron chi connectivity index (χ4n) is 3.17. The first-order valence-electron chi connectivity index (χ1n) is 10.4. The molecule has 9 nitrogen and oxygen atoms in total. The van der Waals surface area contributed by atoms with Crippen LogP contribution in [0.15, 0.2) is 77.3 Å². The van der Waals surface area contributed by atoms with Crippen LogP contribution in [0.25, 0.3) is 0 Å². The first-order valence-corrected chi connectivity index (χ1v) is 10.4. The Labute approximate surface area is 195 Å². The van der Waals surface area contributed by atoms with Gasteiger partial charge in [-0.15, -0.1) is 0 Å². The molecule has 0 fully saturated rings. The van der Waals surface area contributed by atoms with Crippen molar-refractivity contribution in [2.24, 2.45) is 0 Å². The number of amides is 2. The highest BCUT2D eigenvalue weighted by Crippen LogP contribution is 2.24. The van der Waals surface area contributed by atoms with Crippen molar-refractivity contribution in [3.63, 3.8) is 0 Å². The number of carbonyl (C=O) groups excluding carboxylic acids is 2. The van der Waals surface area contributed by atoms with Gasteiger partial charge in [0.1, 0.15) is 11.5 Å². The Balaban J connectivity index is 1.40. The second-order valence-corrected chi connectivity index (χ2v) is 7.20. The molecule has 172 valence electrons. The maximum absolute atomic E-state index is 12.8. The number of hydrogen-bond donors (Lipinski definition) is 2. The first kappa shape index (κ1) is 22.5. The Bertz CT molecular complexity index is 1300. The number of rotatable bonds is 8. The van der Waals surface area contributed by atoms with Gasteiger partial charge < -0.3 is 24.6 Å². The Kier molecular flexibility index (Phi) is 6.83. The molecule has 1 aromatic heterocycles. The van der Waals surface area contributed by atoms with Crippen molar-refractivity contribution >= 4 is 23.2 Å². The maximum atomic E-state index is 12.8.